The molecule has 9 aromatic carbocycles. The molecule has 0 saturated carbocycles. The molecule has 3 aromatic heterocycles. The molecule has 12 rings (SSSR count). The molecular formula is C62H40N4. The van der Waals surface area contributed by atoms with Gasteiger partial charge in [0, 0.05) is 56.4 Å². The summed E-state index contributed by atoms with van der Waals surface area (Å²) in [4.78, 5) is 20.7. The first-order valence-electron chi connectivity index (χ1n) is 22.3. The molecular weight excluding hydrogens is 801 g/mol. The Balaban J connectivity index is 1.08. The van der Waals surface area contributed by atoms with Gasteiger partial charge in [0.25, 0.3) is 0 Å². The minimum Gasteiger partial charge on any atom is -0.256 e. The summed E-state index contributed by atoms with van der Waals surface area (Å²) in [5.41, 5.74) is 16.6. The van der Waals surface area contributed by atoms with E-state index in [1.54, 1.807) is 0 Å². The normalized spacial score (nSPS) is 11.3. The molecule has 0 spiro atoms. The van der Waals surface area contributed by atoms with E-state index in [9.17, 15) is 0 Å². The molecule has 3 heterocycles. The van der Waals surface area contributed by atoms with Crippen molar-refractivity contribution < 1.29 is 0 Å². The van der Waals surface area contributed by atoms with Gasteiger partial charge in [-0.2, -0.15) is 0 Å². The molecule has 0 aliphatic rings. The van der Waals surface area contributed by atoms with Crippen LogP contribution >= 0.6 is 0 Å². The second-order valence-electron chi connectivity index (χ2n) is 16.6. The van der Waals surface area contributed by atoms with Crippen molar-refractivity contribution in [3.05, 3.63) is 243 Å². The smallest absolute Gasteiger partial charge is 0.160 e. The van der Waals surface area contributed by atoms with E-state index in [-0.39, 0.29) is 0 Å². The fraction of sp³-hybridized carbons (Fsp3) is 0. The Morgan fingerprint density at radius 1 is 0.242 bits per heavy atom. The lowest BCUT2D eigenvalue weighted by Crippen LogP contribution is -1.98. The number of pyridine rings is 2. The third-order valence-corrected chi connectivity index (χ3v) is 12.6. The van der Waals surface area contributed by atoms with Crippen molar-refractivity contribution in [3.63, 3.8) is 0 Å². The Hall–Kier alpha value is -8.86. The van der Waals surface area contributed by atoms with Gasteiger partial charge in [0.05, 0.1) is 22.6 Å². The Kier molecular flexibility index (Phi) is 9.81. The predicted octanol–water partition coefficient (Wildman–Crippen LogP) is 16.1. The van der Waals surface area contributed by atoms with E-state index in [0.29, 0.717) is 5.82 Å². The summed E-state index contributed by atoms with van der Waals surface area (Å²) in [5.74, 6) is 0.647. The first kappa shape index (κ1) is 38.8. The van der Waals surface area contributed by atoms with Gasteiger partial charge in [0.1, 0.15) is 0 Å². The fourth-order valence-electron chi connectivity index (χ4n) is 9.24. The van der Waals surface area contributed by atoms with Crippen LogP contribution in [0.2, 0.25) is 0 Å². The highest BCUT2D eigenvalue weighted by molar-refractivity contribution is 6.05. The van der Waals surface area contributed by atoms with E-state index < -0.39 is 0 Å². The van der Waals surface area contributed by atoms with E-state index in [4.69, 9.17) is 19.9 Å². The molecule has 308 valence electrons. The van der Waals surface area contributed by atoms with Crippen LogP contribution < -0.4 is 0 Å². The van der Waals surface area contributed by atoms with Crippen LogP contribution in [-0.4, -0.2) is 19.9 Å². The molecule has 0 bridgehead atoms. The van der Waals surface area contributed by atoms with Crippen molar-refractivity contribution in [2.45, 2.75) is 0 Å². The van der Waals surface area contributed by atoms with Gasteiger partial charge in [-0.1, -0.05) is 194 Å². The maximum Gasteiger partial charge on any atom is 0.160 e. The molecule has 66 heavy (non-hydrogen) atoms. The molecule has 0 N–H and O–H groups in total. The summed E-state index contributed by atoms with van der Waals surface area (Å²) < 4.78 is 0. The molecule has 4 heteroatoms. The Bertz CT molecular complexity index is 3720. The topological polar surface area (TPSA) is 51.6 Å². The minimum absolute atomic E-state index is 0.647. The van der Waals surface area contributed by atoms with Crippen molar-refractivity contribution in [2.75, 3.05) is 0 Å². The average molecular weight is 841 g/mol. The number of benzene rings is 9. The van der Waals surface area contributed by atoms with E-state index in [1.807, 2.05) is 12.4 Å². The summed E-state index contributed by atoms with van der Waals surface area (Å²) in [7, 11) is 0. The number of hydrogen-bond acceptors (Lipinski definition) is 4. The molecule has 4 nitrogen and oxygen atoms in total. The van der Waals surface area contributed by atoms with Crippen LogP contribution in [0.25, 0.3) is 122 Å². The van der Waals surface area contributed by atoms with E-state index in [1.165, 1.54) is 5.56 Å². The van der Waals surface area contributed by atoms with Crippen molar-refractivity contribution in [3.8, 4) is 89.7 Å². The number of nitrogens with zero attached hydrogens (tertiary/aromatic N) is 4. The van der Waals surface area contributed by atoms with Gasteiger partial charge < -0.3 is 0 Å². The zero-order chi connectivity index (χ0) is 43.8. The van der Waals surface area contributed by atoms with Crippen LogP contribution in [0.15, 0.2) is 243 Å². The summed E-state index contributed by atoms with van der Waals surface area (Å²) >= 11 is 0. The van der Waals surface area contributed by atoms with Crippen LogP contribution in [-0.2, 0) is 0 Å². The maximum atomic E-state index is 5.53. The molecule has 12 aromatic rings. The van der Waals surface area contributed by atoms with Gasteiger partial charge in [-0.3, -0.25) is 9.97 Å². The van der Waals surface area contributed by atoms with Gasteiger partial charge >= 0.3 is 0 Å². The summed E-state index contributed by atoms with van der Waals surface area (Å²) in [6.07, 6.45) is 3.77. The third-order valence-electron chi connectivity index (χ3n) is 12.6. The largest absolute Gasteiger partial charge is 0.256 e. The predicted molar refractivity (Wildman–Crippen MR) is 274 cm³/mol. The van der Waals surface area contributed by atoms with Gasteiger partial charge in [-0.05, 0) is 86.1 Å². The molecule has 0 atom stereocenters. The Labute approximate surface area is 383 Å². The zero-order valence-corrected chi connectivity index (χ0v) is 35.9. The first-order valence-corrected chi connectivity index (χ1v) is 22.3. The van der Waals surface area contributed by atoms with Crippen LogP contribution in [0.1, 0.15) is 0 Å². The fourth-order valence-corrected chi connectivity index (χ4v) is 9.24. The van der Waals surface area contributed by atoms with Gasteiger partial charge in [-0.25, -0.2) is 9.97 Å². The highest BCUT2D eigenvalue weighted by atomic mass is 14.9. The van der Waals surface area contributed by atoms with Crippen LogP contribution in [0.3, 0.4) is 0 Å². The number of aromatic nitrogens is 4. The van der Waals surface area contributed by atoms with Crippen LogP contribution in [0.4, 0.5) is 0 Å². The lowest BCUT2D eigenvalue weighted by molar-refractivity contribution is 1.23. The Morgan fingerprint density at radius 3 is 1.24 bits per heavy atom. The molecule has 0 radical (unpaired) electrons. The first-order chi connectivity index (χ1) is 32.7. The quantitative estimate of drug-likeness (QED) is 0.153. The van der Waals surface area contributed by atoms with E-state index in [2.05, 4.69) is 231 Å². The Morgan fingerprint density at radius 2 is 0.682 bits per heavy atom. The van der Waals surface area contributed by atoms with E-state index >= 15 is 0 Å². The maximum absolute atomic E-state index is 5.53. The van der Waals surface area contributed by atoms with Gasteiger partial charge in [0.15, 0.2) is 5.82 Å². The van der Waals surface area contributed by atoms with Crippen LogP contribution in [0, 0.1) is 0 Å². The molecule has 0 saturated heterocycles. The zero-order valence-electron chi connectivity index (χ0n) is 35.9. The molecule has 0 aliphatic carbocycles. The lowest BCUT2D eigenvalue weighted by atomic mass is 9.91. The van der Waals surface area contributed by atoms with E-state index in [0.717, 1.165) is 111 Å². The van der Waals surface area contributed by atoms with Crippen molar-refractivity contribution >= 4 is 32.4 Å². The summed E-state index contributed by atoms with van der Waals surface area (Å²) in [6.45, 7) is 0. The second-order valence-corrected chi connectivity index (χ2v) is 16.6. The summed E-state index contributed by atoms with van der Waals surface area (Å²) in [5, 5.41) is 5.52. The molecule has 0 unspecified atom stereocenters. The second kappa shape index (κ2) is 16.7. The number of hydrogen-bond donors (Lipinski definition) is 0. The molecule has 0 fully saturated rings. The van der Waals surface area contributed by atoms with Crippen LogP contribution in [0.5, 0.6) is 0 Å². The van der Waals surface area contributed by atoms with Gasteiger partial charge in [0.2, 0.25) is 0 Å². The average Bonchev–Trinajstić information content (AvgIpc) is 3.40. The number of rotatable bonds is 8. The molecule has 0 amide bonds. The van der Waals surface area contributed by atoms with Crippen molar-refractivity contribution in [2.24, 2.45) is 0 Å². The standard InChI is InChI=1S/C62H40N4/c1-3-13-41(14-4-1)49-19-11-21-51(37-49)53-39-56(52-22-12-20-50(38-52)42-15-5-2-6-16-42)61-57(40-53)60(47-27-25-45(26-28-47)58-54-23-9-7-17-43(54)33-35-63-58)65-62(66-61)48-31-29-46(30-32-48)59-55-24-10-8-18-44(55)34-36-64-59/h1-40H. The van der Waals surface area contributed by atoms with Crippen molar-refractivity contribution in [1.82, 2.24) is 19.9 Å². The van der Waals surface area contributed by atoms with Crippen molar-refractivity contribution in [1.29, 1.82) is 0 Å². The highest BCUT2D eigenvalue weighted by Crippen LogP contribution is 2.41. The highest BCUT2D eigenvalue weighted by Gasteiger charge is 2.19. The number of fused-ring (bicyclic) bond motifs is 3. The van der Waals surface area contributed by atoms with Gasteiger partial charge in [-0.15, -0.1) is 0 Å². The SMILES string of the molecule is c1ccc(-c2cccc(-c3cc(-c4cccc(-c5ccccc5)c4)c4nc(-c5ccc(-c6nccc7ccccc67)cc5)nc(-c5ccc(-c6nccc7ccccc67)cc5)c4c3)c2)cc1. The minimum atomic E-state index is 0.647. The molecule has 0 aliphatic heterocycles. The lowest BCUT2D eigenvalue weighted by Gasteiger charge is -2.17. The third kappa shape index (κ3) is 7.27. The summed E-state index contributed by atoms with van der Waals surface area (Å²) in [6, 6.07) is 81.5. The monoisotopic (exact) mass is 840 g/mol.